The van der Waals surface area contributed by atoms with Crippen LogP contribution in [0.1, 0.15) is 20.8 Å². The molecule has 1 aromatic heterocycles. The maximum Gasteiger partial charge on any atom is 0 e. The Hall–Kier alpha value is -0.479. The topological polar surface area (TPSA) is 28.7 Å². The molecule has 0 saturated heterocycles. The van der Waals surface area contributed by atoms with E-state index in [0.29, 0.717) is 0 Å². The maximum atomic E-state index is 6.94. The third-order valence-electron chi connectivity index (χ3n) is 1.55. The summed E-state index contributed by atoms with van der Waals surface area (Å²) in [5.41, 5.74) is 7.91. The molecule has 1 heterocycles. The second-order valence-electron chi connectivity index (χ2n) is 4.48. The maximum absolute atomic E-state index is 6.94. The van der Waals surface area contributed by atoms with Crippen LogP contribution >= 0.6 is 0 Å². The molecule has 1 N–H and O–H groups in total. The van der Waals surface area contributed by atoms with Gasteiger partial charge in [0.25, 0.3) is 0 Å². The Morgan fingerprint density at radius 1 is 1.00 bits per heavy atom. The molecule has 2 nitrogen and oxygen atoms in total. The third-order valence-corrected chi connectivity index (χ3v) is 1.55. The Kier molecular flexibility index (Phi) is 31.0. The summed E-state index contributed by atoms with van der Waals surface area (Å²) in [5, 5.41) is 0. The molecule has 0 aliphatic heterocycles. The minimum Gasteiger partial charge on any atom is -0.673 e. The molecule has 1 aromatic carbocycles. The first-order valence-corrected chi connectivity index (χ1v) is 5.07. The van der Waals surface area contributed by atoms with Crippen LogP contribution in [0.15, 0.2) is 48.8 Å². The molecule has 0 aliphatic rings. The van der Waals surface area contributed by atoms with Gasteiger partial charge in [0.2, 0.25) is 0 Å². The first kappa shape index (κ1) is 37.1. The number of aromatic nitrogens is 1. The van der Waals surface area contributed by atoms with Crippen molar-refractivity contribution in [2.24, 2.45) is 0 Å². The van der Waals surface area contributed by atoms with Crippen molar-refractivity contribution in [3.8, 4) is 5.69 Å². The second kappa shape index (κ2) is 17.6. The van der Waals surface area contributed by atoms with Crippen LogP contribution in [-0.2, 0) is 21.7 Å². The van der Waals surface area contributed by atoms with Crippen molar-refractivity contribution < 1.29 is 21.7 Å². The molecule has 1 radical (unpaired) electrons. The fourth-order valence-electron chi connectivity index (χ4n) is 1.04. The van der Waals surface area contributed by atoms with Gasteiger partial charge < -0.3 is 40.0 Å². The van der Waals surface area contributed by atoms with Crippen molar-refractivity contribution in [1.29, 1.82) is 0 Å². The first-order valence-electron chi connectivity index (χ1n) is 5.07. The van der Waals surface area contributed by atoms with Gasteiger partial charge in [-0.2, -0.15) is 24.3 Å². The minimum absolute atomic E-state index is 0. The van der Waals surface area contributed by atoms with Gasteiger partial charge in [0, 0.05) is 21.7 Å². The van der Waals surface area contributed by atoms with Crippen LogP contribution in [0.25, 0.3) is 11.4 Å². The van der Waals surface area contributed by atoms with E-state index in [1.54, 1.807) is 0 Å². The molecule has 0 fully saturated rings. The quantitative estimate of drug-likeness (QED) is 0.534. The van der Waals surface area contributed by atoms with E-state index in [-0.39, 0.29) is 67.9 Å². The van der Waals surface area contributed by atoms with Gasteiger partial charge in [-0.3, -0.25) is 0 Å². The van der Waals surface area contributed by atoms with E-state index < -0.39 is 0 Å². The van der Waals surface area contributed by atoms with E-state index in [1.165, 1.54) is 5.69 Å². The zero-order chi connectivity index (χ0) is 11.3. The van der Waals surface area contributed by atoms with Crippen LogP contribution < -0.4 is 0 Å². The predicted molar refractivity (Wildman–Crippen MR) is 101 cm³/mol. The Balaban J connectivity index is -0.0000000469. The molecule has 0 atom stereocenters. The van der Waals surface area contributed by atoms with Gasteiger partial charge in [-0.15, -0.1) is 11.2 Å². The molecule has 0 unspecified atom stereocenters. The van der Waals surface area contributed by atoms with Crippen LogP contribution in [0.2, 0.25) is 0 Å². The number of hydrogen-bond donors (Lipinski definition) is 0. The Labute approximate surface area is 153 Å². The van der Waals surface area contributed by atoms with Gasteiger partial charge in [0.1, 0.15) is 0 Å². The monoisotopic (exact) mass is 341 g/mol. The summed E-state index contributed by atoms with van der Waals surface area (Å²) in [7, 11) is 0. The normalized spacial score (nSPS) is 7.62. The fraction of sp³-hybridized carbons (Fsp3) is 0.235. The smallest absolute Gasteiger partial charge is 0 e. The zero-order valence-electron chi connectivity index (χ0n) is 15.1. The van der Waals surface area contributed by atoms with E-state index in [1.807, 2.05) is 57.4 Å². The molecule has 0 spiro atoms. The number of hydrogen-bond acceptors (Lipinski definition) is 0. The molecule has 0 saturated carbocycles. The first-order chi connectivity index (χ1) is 6.97. The molecule has 0 aliphatic carbocycles. The number of nitrogens with one attached hydrogen (secondary N) is 1. The molecular weight excluding hydrogens is 308 g/mol. The van der Waals surface area contributed by atoms with Crippen LogP contribution in [-0.4, -0.2) is 21.1 Å². The Morgan fingerprint density at radius 2 is 1.38 bits per heavy atom. The predicted octanol–water partition coefficient (Wildman–Crippen LogP) is 4.65. The van der Waals surface area contributed by atoms with E-state index in [9.17, 15) is 0 Å². The van der Waals surface area contributed by atoms with E-state index in [2.05, 4.69) is 16.7 Å². The van der Waals surface area contributed by atoms with Gasteiger partial charge in [-0.25, -0.2) is 0 Å². The number of nitrogens with zero attached hydrogens (tertiary/aromatic N) is 1. The van der Waals surface area contributed by atoms with Crippen LogP contribution in [0.4, 0.5) is 0 Å². The van der Waals surface area contributed by atoms with Crippen molar-refractivity contribution in [1.82, 2.24) is 4.57 Å². The average Bonchev–Trinajstić information content (AvgIpc) is 2.73. The van der Waals surface area contributed by atoms with Crippen LogP contribution in [0, 0.1) is 29.7 Å². The van der Waals surface area contributed by atoms with Gasteiger partial charge in [-0.1, -0.05) is 20.8 Å². The molecule has 4 heteroatoms. The number of rotatable bonds is 1. The van der Waals surface area contributed by atoms with Crippen LogP contribution in [0.3, 0.4) is 0 Å². The largest absolute Gasteiger partial charge is 0.673 e. The fourth-order valence-corrected chi connectivity index (χ4v) is 1.04. The van der Waals surface area contributed by atoms with Crippen LogP contribution in [0.5, 0.6) is 0 Å². The summed E-state index contributed by atoms with van der Waals surface area (Å²) < 4.78 is 2.08. The summed E-state index contributed by atoms with van der Waals surface area (Å²) >= 11 is 0. The molecule has 21 heavy (non-hydrogen) atoms. The van der Waals surface area contributed by atoms with Gasteiger partial charge >= 0.3 is 0 Å². The average molecular weight is 341 g/mol. The second-order valence-corrected chi connectivity index (χ2v) is 4.48. The van der Waals surface area contributed by atoms with E-state index in [4.69, 9.17) is 5.73 Å². The molecule has 2 aromatic rings. The standard InChI is InChI=1S/C9H8N.C4H10N.4CH3.H3Si.Ti/c1-2-6-9(5-1)10-7-3-4-8-10;1-4(2,3)5;;;;;;/h1-8H;5H,1-3H3;5*1H3;/q6*-1;;. The van der Waals surface area contributed by atoms with E-state index in [0.717, 1.165) is 0 Å². The molecular formula is C17H33N2SiTi-6. The van der Waals surface area contributed by atoms with Crippen molar-refractivity contribution in [3.05, 3.63) is 84.2 Å². The molecule has 125 valence electrons. The van der Waals surface area contributed by atoms with Gasteiger partial charge in [0.05, 0.1) is 0 Å². The summed E-state index contributed by atoms with van der Waals surface area (Å²) in [6, 6.07) is 12.3. The van der Waals surface area contributed by atoms with Crippen molar-refractivity contribution in [2.45, 2.75) is 26.3 Å². The van der Waals surface area contributed by atoms with Crippen molar-refractivity contribution in [2.75, 3.05) is 0 Å². The molecule has 0 bridgehead atoms. The Bertz CT molecular complexity index is 324. The third kappa shape index (κ3) is 19.5. The summed E-state index contributed by atoms with van der Waals surface area (Å²) in [6.07, 6.45) is 4.07. The van der Waals surface area contributed by atoms with Crippen molar-refractivity contribution >= 4 is 11.0 Å². The van der Waals surface area contributed by atoms with Crippen molar-refractivity contribution in [3.63, 3.8) is 0 Å². The summed E-state index contributed by atoms with van der Waals surface area (Å²) in [5.74, 6) is 0. The SMILES string of the molecule is CC(C)(C)[NH-].[CH3-].[CH3-].[CH3-].[CH3-].[SiH3].[Ti].c1ccn(-c2cc[cH-]c2)c1. The Morgan fingerprint density at radius 3 is 1.67 bits per heavy atom. The zero-order valence-corrected chi connectivity index (χ0v) is 18.6. The minimum atomic E-state index is -0.250. The van der Waals surface area contributed by atoms with E-state index >= 15 is 0 Å². The summed E-state index contributed by atoms with van der Waals surface area (Å²) in [6.45, 7) is 5.56. The van der Waals surface area contributed by atoms with Gasteiger partial charge in [0.15, 0.2) is 0 Å². The summed E-state index contributed by atoms with van der Waals surface area (Å²) in [4.78, 5) is 0. The molecule has 2 rings (SSSR count). The van der Waals surface area contributed by atoms with Gasteiger partial charge in [-0.05, 0) is 35.5 Å². The molecule has 0 amide bonds.